The molecule has 0 unspecified atom stereocenters. The Hall–Kier alpha value is -2.55. The van der Waals surface area contributed by atoms with Crippen LogP contribution in [0, 0.1) is 0 Å². The summed E-state index contributed by atoms with van der Waals surface area (Å²) in [5.74, 6) is -0.212. The van der Waals surface area contributed by atoms with E-state index in [1.165, 1.54) is 11.6 Å². The van der Waals surface area contributed by atoms with Crippen LogP contribution >= 0.6 is 23.2 Å². The first-order valence-electron chi connectivity index (χ1n) is 8.18. The molecule has 0 aromatic heterocycles. The van der Waals surface area contributed by atoms with Crippen LogP contribution in [-0.4, -0.2) is 5.91 Å². The Kier molecular flexibility index (Phi) is 6.11. The second kappa shape index (κ2) is 8.70. The van der Waals surface area contributed by atoms with Gasteiger partial charge >= 0.3 is 0 Å². The molecule has 0 spiro atoms. The number of hydrogen-bond acceptors (Lipinski definition) is 1. The molecule has 0 radical (unpaired) electrons. The minimum Gasteiger partial charge on any atom is -0.322 e. The van der Waals surface area contributed by atoms with Gasteiger partial charge in [-0.2, -0.15) is 0 Å². The molecule has 2 nitrogen and oxygen atoms in total. The van der Waals surface area contributed by atoms with Crippen LogP contribution in [0.15, 0.2) is 78.9 Å². The quantitative estimate of drug-likeness (QED) is 0.520. The number of carbonyl (C=O) groups is 1. The van der Waals surface area contributed by atoms with Crippen molar-refractivity contribution in [3.63, 3.8) is 0 Å². The highest BCUT2D eigenvalue weighted by atomic mass is 35.5. The van der Waals surface area contributed by atoms with Gasteiger partial charge in [0.2, 0.25) is 5.91 Å². The average molecular weight is 382 g/mol. The fourth-order valence-electron chi connectivity index (χ4n) is 2.59. The first-order valence-corrected chi connectivity index (χ1v) is 8.93. The zero-order chi connectivity index (χ0) is 18.4. The van der Waals surface area contributed by atoms with Crippen LogP contribution in [0.25, 0.3) is 6.08 Å². The second-order valence-electron chi connectivity index (χ2n) is 5.81. The van der Waals surface area contributed by atoms with E-state index in [-0.39, 0.29) is 5.91 Å². The topological polar surface area (TPSA) is 29.1 Å². The average Bonchev–Trinajstić information content (AvgIpc) is 2.63. The molecule has 130 valence electrons. The highest BCUT2D eigenvalue weighted by molar-refractivity contribution is 6.35. The SMILES string of the molecule is O=C(C=Cc1ccc(Cl)cc1Cl)Nc1ccccc1Cc1ccccc1. The maximum absolute atomic E-state index is 12.3. The molecular weight excluding hydrogens is 365 g/mol. The summed E-state index contributed by atoms with van der Waals surface area (Å²) in [4.78, 5) is 12.3. The van der Waals surface area contributed by atoms with Crippen molar-refractivity contribution in [2.75, 3.05) is 5.32 Å². The van der Waals surface area contributed by atoms with Gasteiger partial charge in [-0.25, -0.2) is 0 Å². The van der Waals surface area contributed by atoms with E-state index in [0.717, 1.165) is 23.2 Å². The Bertz CT molecular complexity index is 936. The van der Waals surface area contributed by atoms with Crippen molar-refractivity contribution in [1.82, 2.24) is 0 Å². The van der Waals surface area contributed by atoms with Crippen molar-refractivity contribution in [2.24, 2.45) is 0 Å². The molecule has 3 aromatic carbocycles. The predicted molar refractivity (Wildman–Crippen MR) is 110 cm³/mol. The van der Waals surface area contributed by atoms with Gasteiger partial charge in [0.05, 0.1) is 0 Å². The molecule has 0 atom stereocenters. The van der Waals surface area contributed by atoms with Crippen LogP contribution in [0.2, 0.25) is 10.0 Å². The van der Waals surface area contributed by atoms with Crippen molar-refractivity contribution in [3.8, 4) is 0 Å². The van der Waals surface area contributed by atoms with Gasteiger partial charge < -0.3 is 5.32 Å². The van der Waals surface area contributed by atoms with E-state index in [1.807, 2.05) is 42.5 Å². The second-order valence-corrected chi connectivity index (χ2v) is 6.65. The zero-order valence-corrected chi connectivity index (χ0v) is 15.5. The maximum atomic E-state index is 12.3. The van der Waals surface area contributed by atoms with Crippen molar-refractivity contribution in [1.29, 1.82) is 0 Å². The van der Waals surface area contributed by atoms with Gasteiger partial charge in [-0.1, -0.05) is 77.8 Å². The summed E-state index contributed by atoms with van der Waals surface area (Å²) in [6, 6.07) is 23.1. The Morgan fingerprint density at radius 1 is 0.923 bits per heavy atom. The largest absolute Gasteiger partial charge is 0.322 e. The number of rotatable bonds is 5. The number of nitrogens with one attached hydrogen (secondary N) is 1. The third kappa shape index (κ3) is 4.98. The molecular formula is C22H17Cl2NO. The number of carbonyl (C=O) groups excluding carboxylic acids is 1. The first-order chi connectivity index (χ1) is 12.6. The van der Waals surface area contributed by atoms with Crippen molar-refractivity contribution in [2.45, 2.75) is 6.42 Å². The number of halogens is 2. The summed E-state index contributed by atoms with van der Waals surface area (Å²) in [7, 11) is 0. The predicted octanol–water partition coefficient (Wildman–Crippen LogP) is 6.24. The standard InChI is InChI=1S/C22H17Cl2NO/c23-19-12-10-17(20(24)15-19)11-13-22(26)25-21-9-5-4-8-18(21)14-16-6-2-1-3-7-16/h1-13,15H,14H2,(H,25,26). The van der Waals surface area contributed by atoms with Gasteiger partial charge in [-0.05, 0) is 47.4 Å². The van der Waals surface area contributed by atoms with Crippen LogP contribution < -0.4 is 5.32 Å². The van der Waals surface area contributed by atoms with Crippen molar-refractivity contribution >= 4 is 40.9 Å². The lowest BCUT2D eigenvalue weighted by Gasteiger charge is -2.10. The Labute approximate surface area is 163 Å². The van der Waals surface area contributed by atoms with Gasteiger partial charge in [-0.3, -0.25) is 4.79 Å². The monoisotopic (exact) mass is 381 g/mol. The number of benzene rings is 3. The summed E-state index contributed by atoms with van der Waals surface area (Å²) in [6.45, 7) is 0. The molecule has 0 fully saturated rings. The lowest BCUT2D eigenvalue weighted by Crippen LogP contribution is -2.10. The van der Waals surface area contributed by atoms with Crippen LogP contribution in [-0.2, 0) is 11.2 Å². The molecule has 4 heteroatoms. The highest BCUT2D eigenvalue weighted by Crippen LogP contribution is 2.22. The van der Waals surface area contributed by atoms with Gasteiger partial charge in [0, 0.05) is 21.8 Å². The molecule has 0 bridgehead atoms. The lowest BCUT2D eigenvalue weighted by atomic mass is 10.0. The van der Waals surface area contributed by atoms with Crippen LogP contribution in [0.4, 0.5) is 5.69 Å². The molecule has 1 amide bonds. The normalized spacial score (nSPS) is 10.8. The van der Waals surface area contributed by atoms with E-state index >= 15 is 0 Å². The van der Waals surface area contributed by atoms with Gasteiger partial charge in [-0.15, -0.1) is 0 Å². The van der Waals surface area contributed by atoms with E-state index in [9.17, 15) is 4.79 Å². The Morgan fingerprint density at radius 3 is 2.42 bits per heavy atom. The lowest BCUT2D eigenvalue weighted by molar-refractivity contribution is -0.111. The van der Waals surface area contributed by atoms with E-state index in [4.69, 9.17) is 23.2 Å². The van der Waals surface area contributed by atoms with Gasteiger partial charge in [0.15, 0.2) is 0 Å². The summed E-state index contributed by atoms with van der Waals surface area (Å²) in [6.07, 6.45) is 3.90. The van der Waals surface area contributed by atoms with Crippen LogP contribution in [0.1, 0.15) is 16.7 Å². The minimum absolute atomic E-state index is 0.212. The molecule has 1 N–H and O–H groups in total. The molecule has 0 saturated carbocycles. The minimum atomic E-state index is -0.212. The molecule has 0 aliphatic carbocycles. The molecule has 0 aliphatic heterocycles. The molecule has 0 heterocycles. The van der Waals surface area contributed by atoms with Crippen LogP contribution in [0.3, 0.4) is 0 Å². The van der Waals surface area contributed by atoms with E-state index in [1.54, 1.807) is 24.3 Å². The third-order valence-corrected chi connectivity index (χ3v) is 4.45. The summed E-state index contributed by atoms with van der Waals surface area (Å²) < 4.78 is 0. The fraction of sp³-hybridized carbons (Fsp3) is 0.0455. The van der Waals surface area contributed by atoms with Crippen LogP contribution in [0.5, 0.6) is 0 Å². The first kappa shape index (κ1) is 18.2. The summed E-state index contributed by atoms with van der Waals surface area (Å²) in [5, 5.41) is 4.00. The molecule has 3 rings (SSSR count). The number of amides is 1. The van der Waals surface area contributed by atoms with Crippen molar-refractivity contribution in [3.05, 3.63) is 106 Å². The molecule has 0 aliphatic rings. The fourth-order valence-corrected chi connectivity index (χ4v) is 3.06. The smallest absolute Gasteiger partial charge is 0.248 e. The summed E-state index contributed by atoms with van der Waals surface area (Å²) >= 11 is 12.0. The number of para-hydroxylation sites is 1. The van der Waals surface area contributed by atoms with Gasteiger partial charge in [0.1, 0.15) is 0 Å². The molecule has 26 heavy (non-hydrogen) atoms. The summed E-state index contributed by atoms with van der Waals surface area (Å²) in [5.41, 5.74) is 3.79. The zero-order valence-electron chi connectivity index (χ0n) is 14.0. The Balaban J connectivity index is 1.72. The molecule has 0 saturated heterocycles. The molecule has 3 aromatic rings. The van der Waals surface area contributed by atoms with E-state index in [0.29, 0.717) is 10.0 Å². The third-order valence-electron chi connectivity index (χ3n) is 3.89. The van der Waals surface area contributed by atoms with Gasteiger partial charge in [0.25, 0.3) is 0 Å². The van der Waals surface area contributed by atoms with E-state index in [2.05, 4.69) is 17.4 Å². The van der Waals surface area contributed by atoms with Crippen molar-refractivity contribution < 1.29 is 4.79 Å². The highest BCUT2D eigenvalue weighted by Gasteiger charge is 2.06. The number of hydrogen-bond donors (Lipinski definition) is 1. The Morgan fingerprint density at radius 2 is 1.65 bits per heavy atom. The maximum Gasteiger partial charge on any atom is 0.248 e. The number of anilines is 1. The van der Waals surface area contributed by atoms with E-state index < -0.39 is 0 Å².